The van der Waals surface area contributed by atoms with Crippen LogP contribution in [0.15, 0.2) is 30.3 Å². The second kappa shape index (κ2) is 7.01. The number of thiazole rings is 1. The number of hydrogen-bond donors (Lipinski definition) is 1. The molecule has 0 aliphatic carbocycles. The van der Waals surface area contributed by atoms with Gasteiger partial charge in [-0.1, -0.05) is 62.4 Å². The maximum Gasteiger partial charge on any atom is 0.269 e. The molecule has 0 spiro atoms. The molecule has 3 aromatic rings. The van der Waals surface area contributed by atoms with E-state index in [1.165, 1.54) is 28.2 Å². The highest BCUT2D eigenvalue weighted by Crippen LogP contribution is 2.28. The van der Waals surface area contributed by atoms with Crippen LogP contribution in [0.25, 0.3) is 0 Å². The zero-order valence-electron chi connectivity index (χ0n) is 14.7. The third-order valence-corrected chi connectivity index (χ3v) is 5.95. The van der Waals surface area contributed by atoms with Crippen molar-refractivity contribution in [1.29, 1.82) is 0 Å². The molecule has 2 heterocycles. The van der Waals surface area contributed by atoms with Gasteiger partial charge in [-0.3, -0.25) is 10.1 Å². The van der Waals surface area contributed by atoms with E-state index in [-0.39, 0.29) is 11.3 Å². The highest BCUT2D eigenvalue weighted by Gasteiger charge is 2.21. The first-order valence-electron chi connectivity index (χ1n) is 7.98. The smallest absolute Gasteiger partial charge is 0.269 e. The van der Waals surface area contributed by atoms with Crippen LogP contribution in [0.2, 0.25) is 0 Å². The Labute approximate surface area is 155 Å². The lowest BCUT2D eigenvalue weighted by atomic mass is 9.98. The lowest BCUT2D eigenvalue weighted by Crippen LogP contribution is -2.11. The Balaban J connectivity index is 1.73. The Morgan fingerprint density at radius 1 is 1.12 bits per heavy atom. The predicted octanol–water partition coefficient (Wildman–Crippen LogP) is 4.44. The number of hydrogen-bond acceptors (Lipinski definition) is 6. The number of nitrogens with zero attached hydrogens (tertiary/aromatic N) is 3. The number of nitrogens with one attached hydrogen (secondary N) is 1. The van der Waals surface area contributed by atoms with E-state index in [1.54, 1.807) is 0 Å². The number of aromatic nitrogens is 3. The van der Waals surface area contributed by atoms with Gasteiger partial charge < -0.3 is 0 Å². The quantitative estimate of drug-likeness (QED) is 0.735. The van der Waals surface area contributed by atoms with Crippen LogP contribution in [-0.4, -0.2) is 21.1 Å². The summed E-state index contributed by atoms with van der Waals surface area (Å²) in [4.78, 5) is 17.7. The molecule has 2 aromatic heterocycles. The molecule has 1 N–H and O–H groups in total. The minimum Gasteiger partial charge on any atom is -0.296 e. The van der Waals surface area contributed by atoms with Gasteiger partial charge in [0, 0.05) is 11.8 Å². The standard InChI is InChI=1S/C18H20N4OS2/c1-11-14(24-13(19-11)10-12-8-6-5-7-9-12)15(23)20-17-22-21-16(25-17)18(2,3)4/h5-9H,10H2,1-4H3,(H,20,22,23). The van der Waals surface area contributed by atoms with Gasteiger partial charge in [0.15, 0.2) is 0 Å². The first kappa shape index (κ1) is 17.7. The Bertz CT molecular complexity index is 878. The van der Waals surface area contributed by atoms with Gasteiger partial charge in [0.1, 0.15) is 9.88 Å². The largest absolute Gasteiger partial charge is 0.296 e. The molecule has 7 heteroatoms. The number of carbonyl (C=O) groups is 1. The minimum absolute atomic E-state index is 0.0795. The normalized spacial score (nSPS) is 11.5. The van der Waals surface area contributed by atoms with Gasteiger partial charge in [0.05, 0.1) is 10.7 Å². The summed E-state index contributed by atoms with van der Waals surface area (Å²) in [5.74, 6) is -0.175. The number of rotatable bonds is 4. The zero-order chi connectivity index (χ0) is 18.0. The van der Waals surface area contributed by atoms with Crippen molar-refractivity contribution in [2.75, 3.05) is 5.32 Å². The molecule has 0 unspecified atom stereocenters. The van der Waals surface area contributed by atoms with Crippen molar-refractivity contribution >= 4 is 33.7 Å². The van der Waals surface area contributed by atoms with Crippen LogP contribution in [-0.2, 0) is 11.8 Å². The summed E-state index contributed by atoms with van der Waals surface area (Å²) in [6.07, 6.45) is 0.729. The molecule has 1 amide bonds. The van der Waals surface area contributed by atoms with Gasteiger partial charge in [0.25, 0.3) is 5.91 Å². The second-order valence-corrected chi connectivity index (χ2v) is 8.86. The fraction of sp³-hybridized carbons (Fsp3) is 0.333. The van der Waals surface area contributed by atoms with E-state index in [4.69, 9.17) is 0 Å². The van der Waals surface area contributed by atoms with Gasteiger partial charge in [0.2, 0.25) is 5.13 Å². The number of anilines is 1. The zero-order valence-corrected chi connectivity index (χ0v) is 16.3. The Morgan fingerprint density at radius 3 is 2.48 bits per heavy atom. The van der Waals surface area contributed by atoms with Crippen molar-refractivity contribution in [3.05, 3.63) is 56.5 Å². The molecule has 3 rings (SSSR count). The summed E-state index contributed by atoms with van der Waals surface area (Å²) < 4.78 is 0. The lowest BCUT2D eigenvalue weighted by Gasteiger charge is -2.12. The van der Waals surface area contributed by atoms with Crippen molar-refractivity contribution < 1.29 is 4.79 Å². The van der Waals surface area contributed by atoms with E-state index in [0.29, 0.717) is 10.0 Å². The molecule has 0 atom stereocenters. The molecule has 5 nitrogen and oxygen atoms in total. The summed E-state index contributed by atoms with van der Waals surface area (Å²) in [6, 6.07) is 10.1. The van der Waals surface area contributed by atoms with E-state index >= 15 is 0 Å². The molecule has 0 bridgehead atoms. The Kier molecular flexibility index (Phi) is 4.96. The van der Waals surface area contributed by atoms with E-state index in [9.17, 15) is 4.79 Å². The average molecular weight is 373 g/mol. The average Bonchev–Trinajstić information content (AvgIpc) is 3.15. The van der Waals surface area contributed by atoms with Crippen LogP contribution in [0.5, 0.6) is 0 Å². The first-order chi connectivity index (χ1) is 11.8. The summed E-state index contributed by atoms with van der Waals surface area (Å²) in [6.45, 7) is 8.08. The third kappa shape index (κ3) is 4.29. The number of aryl methyl sites for hydroxylation is 1. The number of carbonyl (C=O) groups excluding carboxylic acids is 1. The SMILES string of the molecule is Cc1nc(Cc2ccccc2)sc1C(=O)Nc1nnc(C(C)(C)C)s1. The molecule has 0 fully saturated rings. The molecular weight excluding hydrogens is 352 g/mol. The predicted molar refractivity (Wildman–Crippen MR) is 103 cm³/mol. The lowest BCUT2D eigenvalue weighted by molar-refractivity contribution is 0.102. The molecule has 0 aliphatic heterocycles. The molecule has 0 radical (unpaired) electrons. The molecule has 1 aromatic carbocycles. The first-order valence-corrected chi connectivity index (χ1v) is 9.62. The van der Waals surface area contributed by atoms with Crippen molar-refractivity contribution in [3.8, 4) is 0 Å². The van der Waals surface area contributed by atoms with Gasteiger partial charge in [-0.25, -0.2) is 4.98 Å². The van der Waals surface area contributed by atoms with Crippen LogP contribution in [0.4, 0.5) is 5.13 Å². The van der Waals surface area contributed by atoms with Crippen molar-refractivity contribution in [3.63, 3.8) is 0 Å². The fourth-order valence-corrected chi connectivity index (χ4v) is 4.03. The van der Waals surface area contributed by atoms with Crippen molar-refractivity contribution in [2.24, 2.45) is 0 Å². The minimum atomic E-state index is -0.175. The van der Waals surface area contributed by atoms with E-state index in [1.807, 2.05) is 25.1 Å². The molecule has 130 valence electrons. The van der Waals surface area contributed by atoms with Crippen LogP contribution in [0.1, 0.15) is 51.7 Å². The van der Waals surface area contributed by atoms with Gasteiger partial charge in [-0.05, 0) is 12.5 Å². The van der Waals surface area contributed by atoms with Gasteiger partial charge in [-0.2, -0.15) is 0 Å². The Morgan fingerprint density at radius 2 is 1.84 bits per heavy atom. The number of amides is 1. The molecule has 0 saturated heterocycles. The number of benzene rings is 1. The van der Waals surface area contributed by atoms with Crippen LogP contribution < -0.4 is 5.32 Å². The maximum atomic E-state index is 12.6. The third-order valence-electron chi connectivity index (χ3n) is 3.53. The Hall–Kier alpha value is -2.12. The van der Waals surface area contributed by atoms with Crippen LogP contribution >= 0.6 is 22.7 Å². The molecule has 0 aliphatic rings. The maximum absolute atomic E-state index is 12.6. The van der Waals surface area contributed by atoms with Crippen LogP contribution in [0, 0.1) is 6.92 Å². The molecule has 0 saturated carbocycles. The summed E-state index contributed by atoms with van der Waals surface area (Å²) in [5.41, 5.74) is 1.85. The summed E-state index contributed by atoms with van der Waals surface area (Å²) >= 11 is 2.84. The van der Waals surface area contributed by atoms with E-state index in [0.717, 1.165) is 22.1 Å². The highest BCUT2D eigenvalue weighted by molar-refractivity contribution is 7.16. The summed E-state index contributed by atoms with van der Waals surface area (Å²) in [5, 5.41) is 13.4. The van der Waals surface area contributed by atoms with Gasteiger partial charge in [-0.15, -0.1) is 21.5 Å². The monoisotopic (exact) mass is 372 g/mol. The van der Waals surface area contributed by atoms with E-state index in [2.05, 4.69) is 53.4 Å². The fourth-order valence-electron chi connectivity index (χ4n) is 2.24. The molecule has 25 heavy (non-hydrogen) atoms. The highest BCUT2D eigenvalue weighted by atomic mass is 32.1. The van der Waals surface area contributed by atoms with Crippen LogP contribution in [0.3, 0.4) is 0 Å². The van der Waals surface area contributed by atoms with Crippen molar-refractivity contribution in [1.82, 2.24) is 15.2 Å². The topological polar surface area (TPSA) is 67.8 Å². The summed E-state index contributed by atoms with van der Waals surface area (Å²) in [7, 11) is 0. The van der Waals surface area contributed by atoms with Gasteiger partial charge >= 0.3 is 0 Å². The molecular formula is C18H20N4OS2. The van der Waals surface area contributed by atoms with Crippen molar-refractivity contribution in [2.45, 2.75) is 39.5 Å². The second-order valence-electron chi connectivity index (χ2n) is 6.80. The van der Waals surface area contributed by atoms with E-state index < -0.39 is 0 Å².